The van der Waals surface area contributed by atoms with E-state index in [0.717, 1.165) is 38.8 Å². The summed E-state index contributed by atoms with van der Waals surface area (Å²) in [5, 5.41) is 16.1. The molecule has 1 fully saturated rings. The van der Waals surface area contributed by atoms with Gasteiger partial charge < -0.3 is 15.7 Å². The standard InChI is InChI=1S/C14H28N2O2/c1-5-6-14(7-9-15-10-8-14)12(18)16-13(3,4)11(2)17/h11,15,17H,5-10H2,1-4H3,(H,16,18). The molecule has 4 nitrogen and oxygen atoms in total. The van der Waals surface area contributed by atoms with E-state index in [1.54, 1.807) is 6.92 Å². The number of amides is 1. The van der Waals surface area contributed by atoms with E-state index >= 15 is 0 Å². The number of carbonyl (C=O) groups is 1. The molecule has 0 aromatic heterocycles. The zero-order chi connectivity index (χ0) is 13.8. The van der Waals surface area contributed by atoms with Crippen molar-refractivity contribution < 1.29 is 9.90 Å². The number of nitrogens with one attached hydrogen (secondary N) is 2. The largest absolute Gasteiger partial charge is 0.391 e. The summed E-state index contributed by atoms with van der Waals surface area (Å²) in [6, 6.07) is 0. The normalized spacial score (nSPS) is 21.4. The Morgan fingerprint density at radius 1 is 1.44 bits per heavy atom. The summed E-state index contributed by atoms with van der Waals surface area (Å²) in [5.74, 6) is 0.108. The van der Waals surface area contributed by atoms with Crippen LogP contribution >= 0.6 is 0 Å². The SMILES string of the molecule is CCCC1(C(=O)NC(C)(C)C(C)O)CCNCC1. The second-order valence-electron chi connectivity index (χ2n) is 6.13. The van der Waals surface area contributed by atoms with Crippen molar-refractivity contribution >= 4 is 5.91 Å². The molecule has 1 saturated heterocycles. The molecule has 0 radical (unpaired) electrons. The summed E-state index contributed by atoms with van der Waals surface area (Å²) in [5.41, 5.74) is -0.811. The Kier molecular flexibility index (Phi) is 5.17. The minimum absolute atomic E-state index is 0.108. The van der Waals surface area contributed by atoms with Gasteiger partial charge in [-0.05, 0) is 53.1 Å². The zero-order valence-electron chi connectivity index (χ0n) is 12.2. The lowest BCUT2D eigenvalue weighted by Crippen LogP contribution is -2.57. The van der Waals surface area contributed by atoms with Gasteiger partial charge in [-0.3, -0.25) is 4.79 Å². The van der Waals surface area contributed by atoms with Crippen LogP contribution in [0, 0.1) is 5.41 Å². The Morgan fingerprint density at radius 2 is 2.00 bits per heavy atom. The zero-order valence-corrected chi connectivity index (χ0v) is 12.2. The van der Waals surface area contributed by atoms with Crippen molar-refractivity contribution in [2.75, 3.05) is 13.1 Å². The molecule has 0 spiro atoms. The maximum Gasteiger partial charge on any atom is 0.226 e. The molecule has 1 unspecified atom stereocenters. The van der Waals surface area contributed by atoms with Crippen LogP contribution in [0.15, 0.2) is 0 Å². The van der Waals surface area contributed by atoms with Crippen molar-refractivity contribution in [1.82, 2.24) is 10.6 Å². The van der Waals surface area contributed by atoms with Gasteiger partial charge in [0.2, 0.25) is 5.91 Å². The van der Waals surface area contributed by atoms with E-state index in [-0.39, 0.29) is 11.3 Å². The van der Waals surface area contributed by atoms with Crippen LogP contribution < -0.4 is 10.6 Å². The number of aliphatic hydroxyl groups excluding tert-OH is 1. The number of hydrogen-bond donors (Lipinski definition) is 3. The fraction of sp³-hybridized carbons (Fsp3) is 0.929. The molecule has 0 aromatic carbocycles. The van der Waals surface area contributed by atoms with E-state index in [1.165, 1.54) is 0 Å². The van der Waals surface area contributed by atoms with Gasteiger partial charge in [-0.2, -0.15) is 0 Å². The second kappa shape index (κ2) is 6.02. The first-order valence-electron chi connectivity index (χ1n) is 7.05. The highest BCUT2D eigenvalue weighted by Gasteiger charge is 2.41. The molecule has 0 saturated carbocycles. The van der Waals surface area contributed by atoms with Crippen LogP contribution in [0.25, 0.3) is 0 Å². The molecule has 1 rings (SSSR count). The van der Waals surface area contributed by atoms with Gasteiger partial charge in [0.25, 0.3) is 0 Å². The van der Waals surface area contributed by atoms with Gasteiger partial charge in [-0.15, -0.1) is 0 Å². The first-order chi connectivity index (χ1) is 8.34. The highest BCUT2D eigenvalue weighted by atomic mass is 16.3. The lowest BCUT2D eigenvalue weighted by Gasteiger charge is -2.40. The summed E-state index contributed by atoms with van der Waals surface area (Å²) in [6.45, 7) is 9.39. The Labute approximate surface area is 111 Å². The van der Waals surface area contributed by atoms with Crippen LogP contribution in [-0.2, 0) is 4.79 Å². The van der Waals surface area contributed by atoms with Gasteiger partial charge in [0.1, 0.15) is 0 Å². The summed E-state index contributed by atoms with van der Waals surface area (Å²) >= 11 is 0. The maximum absolute atomic E-state index is 12.6. The van der Waals surface area contributed by atoms with Gasteiger partial charge in [0.15, 0.2) is 0 Å². The van der Waals surface area contributed by atoms with E-state index < -0.39 is 11.6 Å². The van der Waals surface area contributed by atoms with Gasteiger partial charge in [-0.25, -0.2) is 0 Å². The Morgan fingerprint density at radius 3 is 2.44 bits per heavy atom. The molecule has 3 N–H and O–H groups in total. The lowest BCUT2D eigenvalue weighted by atomic mass is 9.74. The van der Waals surface area contributed by atoms with Crippen molar-refractivity contribution in [1.29, 1.82) is 0 Å². The minimum atomic E-state index is -0.567. The topological polar surface area (TPSA) is 61.4 Å². The molecular formula is C14H28N2O2. The Bertz CT molecular complexity index is 276. The monoisotopic (exact) mass is 256 g/mol. The van der Waals surface area contributed by atoms with E-state index in [2.05, 4.69) is 17.6 Å². The number of carbonyl (C=O) groups excluding carboxylic acids is 1. The number of aliphatic hydroxyl groups is 1. The van der Waals surface area contributed by atoms with Crippen molar-refractivity contribution in [2.24, 2.45) is 5.41 Å². The van der Waals surface area contributed by atoms with Crippen molar-refractivity contribution in [3.63, 3.8) is 0 Å². The molecule has 1 aliphatic heterocycles. The van der Waals surface area contributed by atoms with Crippen LogP contribution in [0.5, 0.6) is 0 Å². The predicted octanol–water partition coefficient (Wildman–Crippen LogP) is 1.43. The van der Waals surface area contributed by atoms with Crippen LogP contribution in [0.2, 0.25) is 0 Å². The highest BCUT2D eigenvalue weighted by molar-refractivity contribution is 5.83. The van der Waals surface area contributed by atoms with Crippen molar-refractivity contribution in [3.05, 3.63) is 0 Å². The van der Waals surface area contributed by atoms with Crippen molar-refractivity contribution in [3.8, 4) is 0 Å². The molecule has 1 amide bonds. The number of rotatable bonds is 5. The summed E-state index contributed by atoms with van der Waals surface area (Å²) in [7, 11) is 0. The number of piperidine rings is 1. The van der Waals surface area contributed by atoms with Crippen LogP contribution in [0.3, 0.4) is 0 Å². The average Bonchev–Trinajstić information content (AvgIpc) is 2.29. The smallest absolute Gasteiger partial charge is 0.226 e. The summed E-state index contributed by atoms with van der Waals surface area (Å²) < 4.78 is 0. The molecule has 0 aliphatic carbocycles. The molecular weight excluding hydrogens is 228 g/mol. The Balaban J connectivity index is 2.77. The van der Waals surface area contributed by atoms with Gasteiger partial charge in [0.05, 0.1) is 17.1 Å². The van der Waals surface area contributed by atoms with Crippen LogP contribution in [0.1, 0.15) is 53.4 Å². The third-order valence-electron chi connectivity index (χ3n) is 4.25. The van der Waals surface area contributed by atoms with E-state index in [9.17, 15) is 9.90 Å². The van der Waals surface area contributed by atoms with Gasteiger partial charge in [0, 0.05) is 0 Å². The molecule has 18 heavy (non-hydrogen) atoms. The molecule has 1 aliphatic rings. The molecule has 0 aromatic rings. The third kappa shape index (κ3) is 3.45. The van der Waals surface area contributed by atoms with Crippen LogP contribution in [-0.4, -0.2) is 35.7 Å². The maximum atomic E-state index is 12.6. The fourth-order valence-electron chi connectivity index (χ4n) is 2.50. The van der Waals surface area contributed by atoms with Gasteiger partial charge >= 0.3 is 0 Å². The van der Waals surface area contributed by atoms with E-state index in [0.29, 0.717) is 0 Å². The molecule has 0 bridgehead atoms. The minimum Gasteiger partial charge on any atom is -0.391 e. The molecule has 4 heteroatoms. The van der Waals surface area contributed by atoms with Gasteiger partial charge in [-0.1, -0.05) is 13.3 Å². The summed E-state index contributed by atoms with van der Waals surface area (Å²) in [6.07, 6.45) is 3.17. The van der Waals surface area contributed by atoms with E-state index in [4.69, 9.17) is 0 Å². The lowest BCUT2D eigenvalue weighted by molar-refractivity contribution is -0.136. The second-order valence-corrected chi connectivity index (χ2v) is 6.13. The Hall–Kier alpha value is -0.610. The number of hydrogen-bond acceptors (Lipinski definition) is 3. The summed E-state index contributed by atoms with van der Waals surface area (Å²) in [4.78, 5) is 12.6. The third-order valence-corrected chi connectivity index (χ3v) is 4.25. The first kappa shape index (κ1) is 15.4. The first-order valence-corrected chi connectivity index (χ1v) is 7.05. The molecule has 1 atom stereocenters. The average molecular weight is 256 g/mol. The molecule has 106 valence electrons. The van der Waals surface area contributed by atoms with Crippen LogP contribution in [0.4, 0.5) is 0 Å². The van der Waals surface area contributed by atoms with E-state index in [1.807, 2.05) is 13.8 Å². The fourth-order valence-corrected chi connectivity index (χ4v) is 2.50. The predicted molar refractivity (Wildman–Crippen MR) is 73.3 cm³/mol. The van der Waals surface area contributed by atoms with Crippen molar-refractivity contribution in [2.45, 2.75) is 65.0 Å². The molecule has 1 heterocycles. The highest BCUT2D eigenvalue weighted by Crippen LogP contribution is 2.35. The quantitative estimate of drug-likeness (QED) is 0.697.